The predicted molar refractivity (Wildman–Crippen MR) is 63.3 cm³/mol. The monoisotopic (exact) mass is 212 g/mol. The van der Waals surface area contributed by atoms with Crippen LogP contribution in [0.15, 0.2) is 42.6 Å². The molecule has 0 aliphatic heterocycles. The summed E-state index contributed by atoms with van der Waals surface area (Å²) in [6, 6.07) is 10.7. The first-order chi connectivity index (χ1) is 7.70. The number of anilines is 1. The summed E-state index contributed by atoms with van der Waals surface area (Å²) >= 11 is 0. The van der Waals surface area contributed by atoms with Gasteiger partial charge in [-0.1, -0.05) is 18.2 Å². The van der Waals surface area contributed by atoms with Gasteiger partial charge in [-0.25, -0.2) is 0 Å². The Bertz CT molecular complexity index is 500. The fourth-order valence-corrected chi connectivity index (χ4v) is 1.63. The van der Waals surface area contributed by atoms with E-state index < -0.39 is 0 Å². The summed E-state index contributed by atoms with van der Waals surface area (Å²) in [4.78, 5) is 16.2. The predicted octanol–water partition coefficient (Wildman–Crippen LogP) is 2.20. The van der Waals surface area contributed by atoms with Crippen LogP contribution in [0.25, 0.3) is 0 Å². The Labute approximate surface area is 93.9 Å². The number of hydrogen-bond donors (Lipinski definition) is 1. The highest BCUT2D eigenvalue weighted by molar-refractivity contribution is 6.11. The maximum atomic E-state index is 12.1. The molecular formula is C13H12N2O. The first-order valence-electron chi connectivity index (χ1n) is 5.01. The highest BCUT2D eigenvalue weighted by atomic mass is 16.1. The smallest absolute Gasteiger partial charge is 0.213 e. The lowest BCUT2D eigenvalue weighted by atomic mass is 10.0. The van der Waals surface area contributed by atoms with Crippen LogP contribution in [0.1, 0.15) is 21.6 Å². The maximum absolute atomic E-state index is 12.1. The van der Waals surface area contributed by atoms with Gasteiger partial charge in [-0.2, -0.15) is 0 Å². The quantitative estimate of drug-likeness (QED) is 0.613. The Balaban J connectivity index is 2.50. The first kappa shape index (κ1) is 10.4. The normalized spacial score (nSPS) is 10.1. The molecule has 0 saturated heterocycles. The summed E-state index contributed by atoms with van der Waals surface area (Å²) in [5.74, 6) is -0.129. The number of benzene rings is 1. The van der Waals surface area contributed by atoms with Crippen molar-refractivity contribution in [1.82, 2.24) is 4.98 Å². The van der Waals surface area contributed by atoms with Gasteiger partial charge in [0.15, 0.2) is 0 Å². The molecule has 16 heavy (non-hydrogen) atoms. The Morgan fingerprint density at radius 1 is 1.19 bits per heavy atom. The lowest BCUT2D eigenvalue weighted by molar-refractivity contribution is 0.103. The van der Waals surface area contributed by atoms with Crippen LogP contribution in [-0.4, -0.2) is 10.8 Å². The second-order valence-corrected chi connectivity index (χ2v) is 3.58. The number of rotatable bonds is 2. The Kier molecular flexibility index (Phi) is 2.68. The Hall–Kier alpha value is -2.16. The second-order valence-electron chi connectivity index (χ2n) is 3.58. The lowest BCUT2D eigenvalue weighted by Gasteiger charge is -2.07. The summed E-state index contributed by atoms with van der Waals surface area (Å²) in [7, 11) is 0. The van der Waals surface area contributed by atoms with Crippen molar-refractivity contribution in [1.29, 1.82) is 0 Å². The van der Waals surface area contributed by atoms with Crippen LogP contribution in [0, 0.1) is 6.92 Å². The van der Waals surface area contributed by atoms with Gasteiger partial charge in [0, 0.05) is 11.9 Å². The molecule has 0 amide bonds. The number of pyridine rings is 1. The molecule has 1 heterocycles. The van der Waals surface area contributed by atoms with Crippen LogP contribution in [0.4, 0.5) is 5.69 Å². The number of aryl methyl sites for hydroxylation is 1. The maximum Gasteiger partial charge on any atom is 0.213 e. The molecule has 0 aliphatic carbocycles. The first-order valence-corrected chi connectivity index (χ1v) is 5.01. The molecule has 2 rings (SSSR count). The van der Waals surface area contributed by atoms with Crippen molar-refractivity contribution in [3.63, 3.8) is 0 Å². The molecule has 0 fully saturated rings. The lowest BCUT2D eigenvalue weighted by Crippen LogP contribution is -2.08. The molecular weight excluding hydrogens is 200 g/mol. The van der Waals surface area contributed by atoms with E-state index in [0.29, 0.717) is 16.9 Å². The standard InChI is InChI=1S/C13H12N2O/c1-9-5-4-6-10(14)12(9)13(16)11-7-2-3-8-15-11/h2-8H,14H2,1H3. The molecule has 0 spiro atoms. The van der Waals surface area contributed by atoms with E-state index in [9.17, 15) is 4.79 Å². The van der Waals surface area contributed by atoms with E-state index in [1.165, 1.54) is 0 Å². The summed E-state index contributed by atoms with van der Waals surface area (Å²) in [6.07, 6.45) is 1.60. The molecule has 3 nitrogen and oxygen atoms in total. The third-order valence-corrected chi connectivity index (χ3v) is 2.43. The van der Waals surface area contributed by atoms with Crippen molar-refractivity contribution >= 4 is 11.5 Å². The SMILES string of the molecule is Cc1cccc(N)c1C(=O)c1ccccn1. The zero-order valence-electron chi connectivity index (χ0n) is 8.97. The number of hydrogen-bond acceptors (Lipinski definition) is 3. The van der Waals surface area contributed by atoms with Crippen molar-refractivity contribution < 1.29 is 4.79 Å². The number of nitrogen functional groups attached to an aromatic ring is 1. The van der Waals surface area contributed by atoms with Crippen molar-refractivity contribution in [2.75, 3.05) is 5.73 Å². The van der Waals surface area contributed by atoms with Gasteiger partial charge >= 0.3 is 0 Å². The molecule has 1 aromatic heterocycles. The van der Waals surface area contributed by atoms with Gasteiger partial charge in [0.2, 0.25) is 5.78 Å². The average molecular weight is 212 g/mol. The molecule has 2 N–H and O–H groups in total. The molecule has 0 unspecified atom stereocenters. The van der Waals surface area contributed by atoms with Crippen LogP contribution in [0.3, 0.4) is 0 Å². The van der Waals surface area contributed by atoms with E-state index in [0.717, 1.165) is 5.56 Å². The zero-order chi connectivity index (χ0) is 11.5. The molecule has 0 atom stereocenters. The third-order valence-electron chi connectivity index (χ3n) is 2.43. The second kappa shape index (κ2) is 4.14. The van der Waals surface area contributed by atoms with Crippen molar-refractivity contribution in [3.05, 3.63) is 59.4 Å². The van der Waals surface area contributed by atoms with Gasteiger partial charge in [0.05, 0.1) is 5.56 Å². The van der Waals surface area contributed by atoms with Gasteiger partial charge in [-0.15, -0.1) is 0 Å². The molecule has 0 radical (unpaired) electrons. The molecule has 0 aliphatic rings. The van der Waals surface area contributed by atoms with Crippen LogP contribution in [0.5, 0.6) is 0 Å². The number of nitrogens with zero attached hydrogens (tertiary/aromatic N) is 1. The summed E-state index contributed by atoms with van der Waals surface area (Å²) < 4.78 is 0. The highest BCUT2D eigenvalue weighted by Gasteiger charge is 2.15. The Morgan fingerprint density at radius 3 is 2.62 bits per heavy atom. The summed E-state index contributed by atoms with van der Waals surface area (Å²) in [5, 5.41) is 0. The average Bonchev–Trinajstić information content (AvgIpc) is 2.30. The zero-order valence-corrected chi connectivity index (χ0v) is 8.97. The largest absolute Gasteiger partial charge is 0.398 e. The van der Waals surface area contributed by atoms with Gasteiger partial charge in [0.25, 0.3) is 0 Å². The fraction of sp³-hybridized carbons (Fsp3) is 0.0769. The van der Waals surface area contributed by atoms with E-state index >= 15 is 0 Å². The Morgan fingerprint density at radius 2 is 2.00 bits per heavy atom. The number of aromatic nitrogens is 1. The molecule has 3 heteroatoms. The van der Waals surface area contributed by atoms with Crippen LogP contribution >= 0.6 is 0 Å². The van der Waals surface area contributed by atoms with E-state index in [1.807, 2.05) is 19.1 Å². The van der Waals surface area contributed by atoms with E-state index in [4.69, 9.17) is 5.73 Å². The third kappa shape index (κ3) is 1.80. The molecule has 1 aromatic carbocycles. The van der Waals surface area contributed by atoms with Crippen molar-refractivity contribution in [2.24, 2.45) is 0 Å². The van der Waals surface area contributed by atoms with Gasteiger partial charge in [0.1, 0.15) is 5.69 Å². The van der Waals surface area contributed by atoms with Gasteiger partial charge in [-0.05, 0) is 30.7 Å². The van der Waals surface area contributed by atoms with Crippen molar-refractivity contribution in [2.45, 2.75) is 6.92 Å². The van der Waals surface area contributed by atoms with Crippen LogP contribution in [-0.2, 0) is 0 Å². The topological polar surface area (TPSA) is 56.0 Å². The van der Waals surface area contributed by atoms with E-state index in [-0.39, 0.29) is 5.78 Å². The molecule has 0 saturated carbocycles. The van der Waals surface area contributed by atoms with Crippen molar-refractivity contribution in [3.8, 4) is 0 Å². The fourth-order valence-electron chi connectivity index (χ4n) is 1.63. The van der Waals surface area contributed by atoms with Gasteiger partial charge in [-0.3, -0.25) is 9.78 Å². The summed E-state index contributed by atoms with van der Waals surface area (Å²) in [6.45, 7) is 1.87. The minimum atomic E-state index is -0.129. The minimum absolute atomic E-state index is 0.129. The minimum Gasteiger partial charge on any atom is -0.398 e. The van der Waals surface area contributed by atoms with Gasteiger partial charge < -0.3 is 5.73 Å². The molecule has 80 valence electrons. The highest BCUT2D eigenvalue weighted by Crippen LogP contribution is 2.19. The van der Waals surface area contributed by atoms with E-state index in [1.54, 1.807) is 30.5 Å². The summed E-state index contributed by atoms with van der Waals surface area (Å²) in [5.41, 5.74) is 8.14. The number of nitrogens with two attached hydrogens (primary N) is 1. The van der Waals surface area contributed by atoms with Crippen LogP contribution in [0.2, 0.25) is 0 Å². The van der Waals surface area contributed by atoms with Crippen LogP contribution < -0.4 is 5.73 Å². The number of carbonyl (C=O) groups excluding carboxylic acids is 1. The molecule has 0 bridgehead atoms. The number of carbonyl (C=O) groups is 1. The number of ketones is 1. The molecule has 2 aromatic rings. The van der Waals surface area contributed by atoms with E-state index in [2.05, 4.69) is 4.98 Å².